The van der Waals surface area contributed by atoms with Crippen LogP contribution in [0.2, 0.25) is 0 Å². The maximum Gasteiger partial charge on any atom is 0.416 e. The number of ether oxygens (including phenoxy) is 1. The lowest BCUT2D eigenvalue weighted by molar-refractivity contribution is -0.172. The van der Waals surface area contributed by atoms with Crippen molar-refractivity contribution in [2.75, 3.05) is 54.7 Å². The third kappa shape index (κ3) is 7.35. The van der Waals surface area contributed by atoms with E-state index < -0.39 is 42.4 Å². The Balaban J connectivity index is 1.56. The molecule has 3 aromatic rings. The SMILES string of the molecule is C=CC(=O)Nc1cc(Nc2ncc3c(n2)N(c2ccc(C(F)(F)F)cc2)C(=O)N([C@H](C)C(F)(F)F)C3)c(OC)cc1N1CC[C@@H](N(C)C)C1. The zero-order chi connectivity index (χ0) is 35.8. The molecule has 0 unspecified atom stereocenters. The molecule has 17 heteroatoms. The predicted molar refractivity (Wildman–Crippen MR) is 171 cm³/mol. The summed E-state index contributed by atoms with van der Waals surface area (Å²) in [6.07, 6.45) is -6.22. The van der Waals surface area contributed by atoms with Crippen molar-refractivity contribution in [3.8, 4) is 5.75 Å². The van der Waals surface area contributed by atoms with E-state index in [9.17, 15) is 35.9 Å². The second-order valence-corrected chi connectivity index (χ2v) is 11.8. The number of carbonyl (C=O) groups excluding carboxylic acids is 2. The molecule has 1 aromatic heterocycles. The Morgan fingerprint density at radius 1 is 1.12 bits per heavy atom. The van der Waals surface area contributed by atoms with Crippen molar-refractivity contribution in [3.05, 3.63) is 66.4 Å². The van der Waals surface area contributed by atoms with Crippen molar-refractivity contribution in [2.24, 2.45) is 0 Å². The molecule has 2 N–H and O–H groups in total. The Morgan fingerprint density at radius 3 is 2.39 bits per heavy atom. The van der Waals surface area contributed by atoms with Crippen molar-refractivity contribution in [1.29, 1.82) is 0 Å². The number of alkyl halides is 6. The maximum atomic E-state index is 13.8. The molecular formula is C32H34F6N8O3. The Bertz CT molecular complexity index is 1730. The largest absolute Gasteiger partial charge is 0.494 e. The van der Waals surface area contributed by atoms with E-state index in [-0.39, 0.29) is 29.1 Å². The van der Waals surface area contributed by atoms with E-state index >= 15 is 0 Å². The first-order chi connectivity index (χ1) is 23.0. The minimum Gasteiger partial charge on any atom is -0.494 e. The van der Waals surface area contributed by atoms with Gasteiger partial charge in [-0.3, -0.25) is 4.79 Å². The second-order valence-electron chi connectivity index (χ2n) is 11.8. The number of hydrogen-bond donors (Lipinski definition) is 2. The number of aromatic nitrogens is 2. The number of likely N-dealkylation sites (N-methyl/N-ethyl adjacent to an activating group) is 1. The highest BCUT2D eigenvalue weighted by Gasteiger charge is 2.46. The van der Waals surface area contributed by atoms with Gasteiger partial charge in [0.15, 0.2) is 5.82 Å². The molecule has 262 valence electrons. The van der Waals surface area contributed by atoms with Gasteiger partial charge in [-0.05, 0) is 63.8 Å². The maximum absolute atomic E-state index is 13.8. The Morgan fingerprint density at radius 2 is 1.82 bits per heavy atom. The van der Waals surface area contributed by atoms with Crippen molar-refractivity contribution >= 4 is 46.5 Å². The third-order valence-corrected chi connectivity index (χ3v) is 8.47. The average molecular weight is 693 g/mol. The monoisotopic (exact) mass is 692 g/mol. The molecular weight excluding hydrogens is 658 g/mol. The first-order valence-corrected chi connectivity index (χ1v) is 15.1. The van der Waals surface area contributed by atoms with Crippen molar-refractivity contribution in [1.82, 2.24) is 19.8 Å². The molecule has 11 nitrogen and oxygen atoms in total. The number of benzene rings is 2. The summed E-state index contributed by atoms with van der Waals surface area (Å²) < 4.78 is 86.8. The molecule has 5 rings (SSSR count). The number of anilines is 6. The summed E-state index contributed by atoms with van der Waals surface area (Å²) in [5.74, 6) is -0.367. The fourth-order valence-electron chi connectivity index (χ4n) is 5.63. The lowest BCUT2D eigenvalue weighted by atomic mass is 10.1. The highest BCUT2D eigenvalue weighted by Crippen LogP contribution is 2.42. The van der Waals surface area contributed by atoms with Gasteiger partial charge in [0.25, 0.3) is 0 Å². The van der Waals surface area contributed by atoms with Gasteiger partial charge in [0.2, 0.25) is 11.9 Å². The van der Waals surface area contributed by atoms with Gasteiger partial charge in [-0.2, -0.15) is 31.3 Å². The number of nitrogens with zero attached hydrogens (tertiary/aromatic N) is 6. The minimum absolute atomic E-state index is 0.110. The lowest BCUT2D eigenvalue weighted by Gasteiger charge is -2.39. The van der Waals surface area contributed by atoms with Crippen LogP contribution in [0.5, 0.6) is 5.75 Å². The van der Waals surface area contributed by atoms with Crippen LogP contribution >= 0.6 is 0 Å². The highest BCUT2D eigenvalue weighted by atomic mass is 19.4. The van der Waals surface area contributed by atoms with Crippen LogP contribution in [0.4, 0.5) is 65.7 Å². The van der Waals surface area contributed by atoms with Crippen LogP contribution in [0.1, 0.15) is 24.5 Å². The van der Waals surface area contributed by atoms with Gasteiger partial charge in [-0.25, -0.2) is 14.7 Å². The van der Waals surface area contributed by atoms with Crippen LogP contribution in [0.3, 0.4) is 0 Å². The quantitative estimate of drug-likeness (QED) is 0.193. The Labute approximate surface area is 278 Å². The summed E-state index contributed by atoms with van der Waals surface area (Å²) in [5.41, 5.74) is 0.375. The highest BCUT2D eigenvalue weighted by molar-refractivity contribution is 6.03. The normalized spacial score (nSPS) is 17.2. The van der Waals surface area contributed by atoms with E-state index in [1.807, 2.05) is 14.1 Å². The zero-order valence-electron chi connectivity index (χ0n) is 27.0. The molecule has 0 spiro atoms. The molecule has 49 heavy (non-hydrogen) atoms. The van der Waals surface area contributed by atoms with Crippen molar-refractivity contribution < 1.29 is 40.7 Å². The van der Waals surface area contributed by atoms with E-state index in [0.717, 1.165) is 48.6 Å². The summed E-state index contributed by atoms with van der Waals surface area (Å²) in [6, 6.07) is 3.66. The first-order valence-electron chi connectivity index (χ1n) is 15.1. The van der Waals surface area contributed by atoms with Crippen LogP contribution in [-0.2, 0) is 17.5 Å². The summed E-state index contributed by atoms with van der Waals surface area (Å²) in [7, 11) is 5.41. The molecule has 2 atom stereocenters. The minimum atomic E-state index is -4.79. The molecule has 0 aliphatic carbocycles. The predicted octanol–water partition coefficient (Wildman–Crippen LogP) is 6.54. The standard InChI is InChI=1S/C32H34F6N8O3/c1-6-27(47)40-23-13-24(26(49-5)14-25(23)44-12-11-22(17-44)43(3)4)41-29-39-15-19-16-45(18(2)31(33,34)35)30(48)46(28(19)42-29)21-9-7-20(8-10-21)32(36,37)38/h6-10,13-15,18,22H,1,11-12,16-17H2,2-5H3,(H,40,47)(H,39,41,42)/t18-,22-/m1/s1. The summed E-state index contributed by atoms with van der Waals surface area (Å²) in [4.78, 5) is 40.3. The topological polar surface area (TPSA) is 106 Å². The molecule has 3 heterocycles. The van der Waals surface area contributed by atoms with Crippen LogP contribution in [0.15, 0.2) is 55.3 Å². The number of urea groups is 1. The van der Waals surface area contributed by atoms with Crippen LogP contribution in [-0.4, -0.2) is 84.3 Å². The molecule has 2 aliphatic rings. The van der Waals surface area contributed by atoms with E-state index in [2.05, 4.69) is 37.0 Å². The number of fused-ring (bicyclic) bond motifs is 1. The number of hydrogen-bond acceptors (Lipinski definition) is 8. The molecule has 1 saturated heterocycles. The second kappa shape index (κ2) is 13.4. The average Bonchev–Trinajstić information content (AvgIpc) is 3.54. The van der Waals surface area contributed by atoms with Crippen molar-refractivity contribution in [2.45, 2.75) is 44.3 Å². The Kier molecular flexibility index (Phi) is 9.68. The lowest BCUT2D eigenvalue weighted by Crippen LogP contribution is -2.53. The van der Waals surface area contributed by atoms with E-state index in [0.29, 0.717) is 40.8 Å². The fourth-order valence-corrected chi connectivity index (χ4v) is 5.63. The van der Waals surface area contributed by atoms with E-state index in [1.165, 1.54) is 13.3 Å². The van der Waals surface area contributed by atoms with Gasteiger partial charge in [0.05, 0.1) is 42.0 Å². The molecule has 2 aliphatic heterocycles. The molecule has 1 fully saturated rings. The number of nitrogens with one attached hydrogen (secondary N) is 2. The van der Waals surface area contributed by atoms with Gasteiger partial charge in [-0.1, -0.05) is 6.58 Å². The fraction of sp³-hybridized carbons (Fsp3) is 0.375. The molecule has 3 amide bonds. The molecule has 0 saturated carbocycles. The third-order valence-electron chi connectivity index (χ3n) is 8.47. The smallest absolute Gasteiger partial charge is 0.416 e. The number of halogens is 6. The molecule has 0 radical (unpaired) electrons. The van der Waals surface area contributed by atoms with Gasteiger partial charge in [0.1, 0.15) is 11.8 Å². The number of carbonyl (C=O) groups is 2. The number of methoxy groups -OCH3 is 1. The van der Waals surface area contributed by atoms with Crippen molar-refractivity contribution in [3.63, 3.8) is 0 Å². The number of rotatable bonds is 9. The summed E-state index contributed by atoms with van der Waals surface area (Å²) in [6.45, 7) is 5.22. The summed E-state index contributed by atoms with van der Waals surface area (Å²) in [5, 5.41) is 5.80. The van der Waals surface area contributed by atoms with Crippen LogP contribution in [0.25, 0.3) is 0 Å². The Hall–Kier alpha value is -5.06. The van der Waals surface area contributed by atoms with E-state index in [4.69, 9.17) is 4.74 Å². The van der Waals surface area contributed by atoms with Gasteiger partial charge < -0.3 is 30.1 Å². The van der Waals surface area contributed by atoms with Crippen LogP contribution < -0.4 is 25.2 Å². The summed E-state index contributed by atoms with van der Waals surface area (Å²) >= 11 is 0. The van der Waals surface area contributed by atoms with Gasteiger partial charge in [0, 0.05) is 37.0 Å². The molecule has 0 bridgehead atoms. The number of amides is 3. The first kappa shape index (κ1) is 35.3. The van der Waals surface area contributed by atoms with Gasteiger partial charge in [-0.15, -0.1) is 0 Å². The van der Waals surface area contributed by atoms with Crippen LogP contribution in [0, 0.1) is 0 Å². The zero-order valence-corrected chi connectivity index (χ0v) is 27.0. The molecule has 2 aromatic carbocycles. The van der Waals surface area contributed by atoms with E-state index in [1.54, 1.807) is 12.1 Å². The van der Waals surface area contributed by atoms with Gasteiger partial charge >= 0.3 is 18.4 Å².